The van der Waals surface area contributed by atoms with Gasteiger partial charge in [0.1, 0.15) is 0 Å². The Morgan fingerprint density at radius 1 is 1.42 bits per heavy atom. The Bertz CT molecular complexity index is 119. The average molecular weight is 170 g/mol. The van der Waals surface area contributed by atoms with Crippen molar-refractivity contribution in [3.8, 4) is 0 Å². The molecule has 2 N–H and O–H groups in total. The van der Waals surface area contributed by atoms with Crippen LogP contribution in [0.4, 0.5) is 0 Å². The number of allylic oxidation sites excluding steroid dienone is 1. The summed E-state index contributed by atoms with van der Waals surface area (Å²) in [6.07, 6.45) is 4.27. The molecule has 0 saturated carbocycles. The molecule has 0 saturated heterocycles. The average Bonchev–Trinajstić information content (AvgIpc) is 2.00. The Labute approximate surface area is 76.4 Å². The topological polar surface area (TPSA) is 29.3 Å². The lowest BCUT2D eigenvalue weighted by Gasteiger charge is -2.21. The van der Waals surface area contributed by atoms with Crippen LogP contribution in [-0.4, -0.2) is 31.1 Å². The van der Waals surface area contributed by atoms with Gasteiger partial charge in [0.2, 0.25) is 0 Å². The Morgan fingerprint density at radius 2 is 2.08 bits per heavy atom. The van der Waals surface area contributed by atoms with E-state index >= 15 is 0 Å². The predicted octanol–water partition coefficient (Wildman–Crippen LogP) is 1.48. The lowest BCUT2D eigenvalue weighted by molar-refractivity contribution is 0.275. The van der Waals surface area contributed by atoms with Crippen LogP contribution in [-0.2, 0) is 0 Å². The maximum atomic E-state index is 5.51. The Hall–Kier alpha value is -0.340. The van der Waals surface area contributed by atoms with Crippen LogP contribution >= 0.6 is 0 Å². The van der Waals surface area contributed by atoms with E-state index in [0.29, 0.717) is 0 Å². The molecule has 0 rings (SSSR count). The van der Waals surface area contributed by atoms with Gasteiger partial charge in [0.25, 0.3) is 0 Å². The standard InChI is InChI=1S/C10H22N2/c1-4-5-7-12(8-6-11)9-10(2)3/h4-5,10H,6-9,11H2,1-3H3/b5-4+. The van der Waals surface area contributed by atoms with Crippen LogP contribution in [0.2, 0.25) is 0 Å². The second-order valence-electron chi connectivity index (χ2n) is 3.51. The van der Waals surface area contributed by atoms with Crippen molar-refractivity contribution >= 4 is 0 Å². The zero-order valence-corrected chi connectivity index (χ0v) is 8.59. The lowest BCUT2D eigenvalue weighted by atomic mass is 10.2. The van der Waals surface area contributed by atoms with Gasteiger partial charge in [-0.3, -0.25) is 4.90 Å². The molecule has 0 radical (unpaired) electrons. The Balaban J connectivity index is 3.69. The summed E-state index contributed by atoms with van der Waals surface area (Å²) in [5, 5.41) is 0. The lowest BCUT2D eigenvalue weighted by Crippen LogP contribution is -2.32. The van der Waals surface area contributed by atoms with E-state index in [-0.39, 0.29) is 0 Å². The molecule has 0 fully saturated rings. The molecule has 0 amide bonds. The second kappa shape index (κ2) is 7.32. The van der Waals surface area contributed by atoms with Crippen LogP contribution in [0.1, 0.15) is 20.8 Å². The number of nitrogens with zero attached hydrogens (tertiary/aromatic N) is 1. The molecule has 12 heavy (non-hydrogen) atoms. The molecule has 0 heterocycles. The molecule has 72 valence electrons. The van der Waals surface area contributed by atoms with Crippen molar-refractivity contribution in [3.63, 3.8) is 0 Å². The van der Waals surface area contributed by atoms with Crippen LogP contribution in [0.3, 0.4) is 0 Å². The van der Waals surface area contributed by atoms with Gasteiger partial charge in [-0.05, 0) is 12.8 Å². The molecule has 0 aliphatic heterocycles. The SMILES string of the molecule is C/C=C/CN(CCN)CC(C)C. The van der Waals surface area contributed by atoms with Crippen LogP contribution in [0.5, 0.6) is 0 Å². The smallest absolute Gasteiger partial charge is 0.0163 e. The summed E-state index contributed by atoms with van der Waals surface area (Å²) in [5.74, 6) is 0.724. The van der Waals surface area contributed by atoms with Gasteiger partial charge in [-0.1, -0.05) is 26.0 Å². The highest BCUT2D eigenvalue weighted by molar-refractivity contribution is 4.81. The third-order valence-electron chi connectivity index (χ3n) is 1.67. The van der Waals surface area contributed by atoms with Gasteiger partial charge in [0.05, 0.1) is 0 Å². The first-order valence-corrected chi connectivity index (χ1v) is 4.74. The minimum atomic E-state index is 0.724. The third-order valence-corrected chi connectivity index (χ3v) is 1.67. The van der Waals surface area contributed by atoms with Gasteiger partial charge in [0, 0.05) is 26.2 Å². The molecule has 0 aliphatic carbocycles. The van der Waals surface area contributed by atoms with Gasteiger partial charge >= 0.3 is 0 Å². The fourth-order valence-electron chi connectivity index (χ4n) is 1.21. The first kappa shape index (κ1) is 11.7. The quantitative estimate of drug-likeness (QED) is 0.612. The van der Waals surface area contributed by atoms with E-state index in [9.17, 15) is 0 Å². The minimum absolute atomic E-state index is 0.724. The molecule has 0 aliphatic rings. The highest BCUT2D eigenvalue weighted by Gasteiger charge is 2.03. The van der Waals surface area contributed by atoms with E-state index < -0.39 is 0 Å². The van der Waals surface area contributed by atoms with E-state index in [1.807, 2.05) is 0 Å². The highest BCUT2D eigenvalue weighted by Crippen LogP contribution is 1.97. The van der Waals surface area contributed by atoms with E-state index in [1.165, 1.54) is 0 Å². The summed E-state index contributed by atoms with van der Waals surface area (Å²) in [4.78, 5) is 2.38. The first-order valence-electron chi connectivity index (χ1n) is 4.74. The summed E-state index contributed by atoms with van der Waals surface area (Å²) in [6, 6.07) is 0. The number of hydrogen-bond donors (Lipinski definition) is 1. The Kier molecular flexibility index (Phi) is 7.11. The van der Waals surface area contributed by atoms with Gasteiger partial charge in [0.15, 0.2) is 0 Å². The molecule has 0 aromatic heterocycles. The maximum Gasteiger partial charge on any atom is 0.0163 e. The molecule has 0 atom stereocenters. The summed E-state index contributed by atoms with van der Waals surface area (Å²) in [6.45, 7) is 10.5. The zero-order valence-electron chi connectivity index (χ0n) is 8.59. The summed E-state index contributed by atoms with van der Waals surface area (Å²) in [7, 11) is 0. The van der Waals surface area contributed by atoms with Crippen molar-refractivity contribution < 1.29 is 0 Å². The first-order chi connectivity index (χ1) is 5.70. The molecule has 2 nitrogen and oxygen atoms in total. The van der Waals surface area contributed by atoms with Gasteiger partial charge in [-0.25, -0.2) is 0 Å². The molecular formula is C10H22N2. The van der Waals surface area contributed by atoms with Crippen LogP contribution in [0.25, 0.3) is 0 Å². The van der Waals surface area contributed by atoms with Crippen molar-refractivity contribution in [3.05, 3.63) is 12.2 Å². The van der Waals surface area contributed by atoms with E-state index in [4.69, 9.17) is 5.73 Å². The largest absolute Gasteiger partial charge is 0.329 e. The molecule has 0 unspecified atom stereocenters. The van der Waals surface area contributed by atoms with Crippen molar-refractivity contribution in [1.29, 1.82) is 0 Å². The zero-order chi connectivity index (χ0) is 9.40. The number of hydrogen-bond acceptors (Lipinski definition) is 2. The van der Waals surface area contributed by atoms with E-state index in [2.05, 4.69) is 37.8 Å². The van der Waals surface area contributed by atoms with Crippen molar-refractivity contribution in [2.75, 3.05) is 26.2 Å². The third kappa shape index (κ3) is 6.38. The molecular weight excluding hydrogens is 148 g/mol. The maximum absolute atomic E-state index is 5.51. The van der Waals surface area contributed by atoms with Gasteiger partial charge in [-0.15, -0.1) is 0 Å². The normalized spacial score (nSPS) is 12.2. The summed E-state index contributed by atoms with van der Waals surface area (Å²) < 4.78 is 0. The van der Waals surface area contributed by atoms with Crippen molar-refractivity contribution in [2.24, 2.45) is 11.7 Å². The molecule has 0 aromatic carbocycles. The molecule has 2 heteroatoms. The monoisotopic (exact) mass is 170 g/mol. The highest BCUT2D eigenvalue weighted by atomic mass is 15.1. The fraction of sp³-hybridized carbons (Fsp3) is 0.800. The minimum Gasteiger partial charge on any atom is -0.329 e. The van der Waals surface area contributed by atoms with Gasteiger partial charge in [-0.2, -0.15) is 0 Å². The predicted molar refractivity (Wildman–Crippen MR) is 55.1 cm³/mol. The van der Waals surface area contributed by atoms with Crippen LogP contribution in [0.15, 0.2) is 12.2 Å². The molecule has 0 bridgehead atoms. The van der Waals surface area contributed by atoms with E-state index in [0.717, 1.165) is 32.1 Å². The Morgan fingerprint density at radius 3 is 2.50 bits per heavy atom. The molecule has 0 aromatic rings. The van der Waals surface area contributed by atoms with Crippen LogP contribution in [0, 0.1) is 5.92 Å². The summed E-state index contributed by atoms with van der Waals surface area (Å²) in [5.41, 5.74) is 5.51. The molecule has 0 spiro atoms. The number of nitrogens with two attached hydrogens (primary N) is 1. The fourth-order valence-corrected chi connectivity index (χ4v) is 1.21. The van der Waals surface area contributed by atoms with Crippen molar-refractivity contribution in [2.45, 2.75) is 20.8 Å². The second-order valence-corrected chi connectivity index (χ2v) is 3.51. The van der Waals surface area contributed by atoms with Crippen LogP contribution < -0.4 is 5.73 Å². The summed E-state index contributed by atoms with van der Waals surface area (Å²) >= 11 is 0. The van der Waals surface area contributed by atoms with Gasteiger partial charge < -0.3 is 5.73 Å². The van der Waals surface area contributed by atoms with E-state index in [1.54, 1.807) is 0 Å². The number of rotatable bonds is 6. The van der Waals surface area contributed by atoms with Crippen molar-refractivity contribution in [1.82, 2.24) is 4.90 Å².